The first-order chi connectivity index (χ1) is 8.17. The van der Waals surface area contributed by atoms with Crippen molar-refractivity contribution in [2.45, 2.75) is 19.9 Å². The lowest BCUT2D eigenvalue weighted by atomic mass is 10.5. The fourth-order valence-corrected chi connectivity index (χ4v) is 2.58. The molecule has 0 fully saturated rings. The average Bonchev–Trinajstić information content (AvgIpc) is 2.77. The van der Waals surface area contributed by atoms with E-state index in [4.69, 9.17) is 10.8 Å². The van der Waals surface area contributed by atoms with Crippen molar-refractivity contribution in [1.82, 2.24) is 4.98 Å². The molecule has 0 saturated heterocycles. The molecule has 0 aliphatic rings. The molecular formula is C10H15N3O2S2. The molecule has 0 aromatic carbocycles. The number of thioether (sulfide) groups is 1. The van der Waals surface area contributed by atoms with Crippen LogP contribution >= 0.6 is 23.1 Å². The van der Waals surface area contributed by atoms with E-state index >= 15 is 0 Å². The second-order valence-electron chi connectivity index (χ2n) is 3.19. The van der Waals surface area contributed by atoms with Gasteiger partial charge in [-0.25, -0.2) is 4.98 Å². The molecule has 1 heterocycles. The molecule has 1 rings (SSSR count). The first-order valence-electron chi connectivity index (χ1n) is 5.21. The summed E-state index contributed by atoms with van der Waals surface area (Å²) < 4.78 is 0. The molecule has 17 heavy (non-hydrogen) atoms. The standard InChI is InChI=1S/C10H15N3O2S2/c1-2-3-16-10(12-5-9(14)15)7-6-17-8(4-11)13-7/h6H,2-5,11H2,1H3,(H,14,15)/b12-10-. The zero-order valence-electron chi connectivity index (χ0n) is 9.55. The van der Waals surface area contributed by atoms with Crippen molar-refractivity contribution in [2.24, 2.45) is 10.7 Å². The maximum Gasteiger partial charge on any atom is 0.325 e. The fraction of sp³-hybridized carbons (Fsp3) is 0.500. The summed E-state index contributed by atoms with van der Waals surface area (Å²) in [6.45, 7) is 2.24. The predicted octanol–water partition coefficient (Wildman–Crippen LogP) is 1.58. The highest BCUT2D eigenvalue weighted by Gasteiger charge is 2.09. The van der Waals surface area contributed by atoms with Crippen molar-refractivity contribution in [3.05, 3.63) is 16.1 Å². The molecule has 1 aromatic rings. The average molecular weight is 273 g/mol. The van der Waals surface area contributed by atoms with Crippen molar-refractivity contribution in [2.75, 3.05) is 12.3 Å². The Morgan fingerprint density at radius 2 is 2.47 bits per heavy atom. The lowest BCUT2D eigenvalue weighted by molar-refractivity contribution is -0.135. The Morgan fingerprint density at radius 3 is 3.00 bits per heavy atom. The largest absolute Gasteiger partial charge is 0.480 e. The molecule has 94 valence electrons. The maximum absolute atomic E-state index is 10.5. The molecule has 0 bridgehead atoms. The number of aliphatic carboxylic acids is 1. The highest BCUT2D eigenvalue weighted by atomic mass is 32.2. The molecule has 0 amide bonds. The zero-order chi connectivity index (χ0) is 12.7. The number of thiazole rings is 1. The highest BCUT2D eigenvalue weighted by molar-refractivity contribution is 8.14. The molecule has 7 heteroatoms. The van der Waals surface area contributed by atoms with Gasteiger partial charge < -0.3 is 10.8 Å². The zero-order valence-corrected chi connectivity index (χ0v) is 11.2. The fourth-order valence-electron chi connectivity index (χ4n) is 1.04. The summed E-state index contributed by atoms with van der Waals surface area (Å²) in [7, 11) is 0. The van der Waals surface area contributed by atoms with Crippen LogP contribution in [0.25, 0.3) is 0 Å². The van der Waals surface area contributed by atoms with Crippen molar-refractivity contribution >= 4 is 34.1 Å². The quantitative estimate of drug-likeness (QED) is 0.607. The van der Waals surface area contributed by atoms with Crippen LogP contribution in [-0.4, -0.2) is 33.4 Å². The van der Waals surface area contributed by atoms with Gasteiger partial charge in [0, 0.05) is 11.9 Å². The van der Waals surface area contributed by atoms with Gasteiger partial charge >= 0.3 is 5.97 Å². The third-order valence-corrected chi connectivity index (χ3v) is 3.84. The van der Waals surface area contributed by atoms with E-state index in [1.54, 1.807) is 0 Å². The number of aliphatic imine (C=N–C) groups is 1. The summed E-state index contributed by atoms with van der Waals surface area (Å²) >= 11 is 3.00. The van der Waals surface area contributed by atoms with Gasteiger partial charge in [0.1, 0.15) is 22.3 Å². The van der Waals surface area contributed by atoms with Gasteiger partial charge in [-0.1, -0.05) is 6.92 Å². The molecule has 5 nitrogen and oxygen atoms in total. The normalized spacial score (nSPS) is 11.8. The Kier molecular flexibility index (Phi) is 6.17. The van der Waals surface area contributed by atoms with Crippen molar-refractivity contribution in [1.29, 1.82) is 0 Å². The summed E-state index contributed by atoms with van der Waals surface area (Å²) in [6, 6.07) is 0. The molecule has 0 spiro atoms. The minimum absolute atomic E-state index is 0.221. The van der Waals surface area contributed by atoms with E-state index in [0.717, 1.165) is 22.9 Å². The molecule has 1 aromatic heterocycles. The Bertz CT molecular complexity index is 404. The van der Waals surface area contributed by atoms with Gasteiger partial charge in [0.05, 0.1) is 0 Å². The van der Waals surface area contributed by atoms with E-state index < -0.39 is 5.97 Å². The van der Waals surface area contributed by atoms with E-state index in [1.165, 1.54) is 23.1 Å². The van der Waals surface area contributed by atoms with Crippen LogP contribution in [0.1, 0.15) is 24.0 Å². The number of carbonyl (C=O) groups is 1. The Labute approximate surface area is 108 Å². The van der Waals surface area contributed by atoms with Crippen LogP contribution < -0.4 is 5.73 Å². The van der Waals surface area contributed by atoms with Crippen LogP contribution in [0.3, 0.4) is 0 Å². The minimum Gasteiger partial charge on any atom is -0.480 e. The number of carboxylic acid groups (broad SMARTS) is 1. The second-order valence-corrected chi connectivity index (χ2v) is 5.22. The first-order valence-corrected chi connectivity index (χ1v) is 7.07. The summed E-state index contributed by atoms with van der Waals surface area (Å²) in [5.41, 5.74) is 6.22. The lowest BCUT2D eigenvalue weighted by Crippen LogP contribution is -2.06. The molecule has 0 saturated carbocycles. The van der Waals surface area contributed by atoms with Crippen LogP contribution in [0.4, 0.5) is 0 Å². The van der Waals surface area contributed by atoms with E-state index in [-0.39, 0.29) is 6.54 Å². The Balaban J connectivity index is 2.80. The molecule has 0 radical (unpaired) electrons. The third-order valence-electron chi connectivity index (χ3n) is 1.75. The van der Waals surface area contributed by atoms with Crippen LogP contribution in [0, 0.1) is 0 Å². The number of carboxylic acids is 1. The van der Waals surface area contributed by atoms with Gasteiger partial charge in [-0.15, -0.1) is 23.1 Å². The Morgan fingerprint density at radius 1 is 1.71 bits per heavy atom. The maximum atomic E-state index is 10.5. The van der Waals surface area contributed by atoms with Crippen LogP contribution in [0.5, 0.6) is 0 Å². The van der Waals surface area contributed by atoms with Crippen molar-refractivity contribution < 1.29 is 9.90 Å². The first kappa shape index (κ1) is 14.1. The van der Waals surface area contributed by atoms with Crippen LogP contribution in [-0.2, 0) is 11.3 Å². The number of nitrogens with zero attached hydrogens (tertiary/aromatic N) is 2. The van der Waals surface area contributed by atoms with Gasteiger partial charge in [-0.2, -0.15) is 0 Å². The van der Waals surface area contributed by atoms with Crippen molar-refractivity contribution in [3.63, 3.8) is 0 Å². The SMILES string of the molecule is CCCS/C(=N\CC(=O)O)c1csc(CN)n1. The topological polar surface area (TPSA) is 88.6 Å². The molecule has 3 N–H and O–H groups in total. The lowest BCUT2D eigenvalue weighted by Gasteiger charge is -2.01. The molecule has 0 unspecified atom stereocenters. The smallest absolute Gasteiger partial charge is 0.325 e. The van der Waals surface area contributed by atoms with Gasteiger partial charge in [-0.3, -0.25) is 9.79 Å². The van der Waals surface area contributed by atoms with Crippen LogP contribution in [0.15, 0.2) is 10.4 Å². The molecule has 0 aliphatic heterocycles. The molecule has 0 aliphatic carbocycles. The number of rotatable bonds is 6. The number of aromatic nitrogens is 1. The summed E-state index contributed by atoms with van der Waals surface area (Å²) in [4.78, 5) is 18.9. The molecule has 0 atom stereocenters. The highest BCUT2D eigenvalue weighted by Crippen LogP contribution is 2.17. The monoisotopic (exact) mass is 273 g/mol. The van der Waals surface area contributed by atoms with E-state index in [9.17, 15) is 4.79 Å². The van der Waals surface area contributed by atoms with Gasteiger partial charge in [0.2, 0.25) is 0 Å². The van der Waals surface area contributed by atoms with Gasteiger partial charge in [0.25, 0.3) is 0 Å². The predicted molar refractivity (Wildman–Crippen MR) is 71.8 cm³/mol. The van der Waals surface area contributed by atoms with Gasteiger partial charge in [-0.05, 0) is 12.2 Å². The summed E-state index contributed by atoms with van der Waals surface area (Å²) in [6.07, 6.45) is 1.00. The Hall–Kier alpha value is -0.920. The van der Waals surface area contributed by atoms with E-state index in [0.29, 0.717) is 11.6 Å². The summed E-state index contributed by atoms with van der Waals surface area (Å²) in [5, 5.41) is 12.0. The minimum atomic E-state index is -0.936. The number of nitrogens with two attached hydrogens (primary N) is 1. The van der Waals surface area contributed by atoms with Crippen molar-refractivity contribution in [3.8, 4) is 0 Å². The summed E-state index contributed by atoms with van der Waals surface area (Å²) in [5.74, 6) is -0.0395. The number of hydrogen-bond acceptors (Lipinski definition) is 6. The third kappa shape index (κ3) is 4.84. The second kappa shape index (κ2) is 7.41. The molecular weight excluding hydrogens is 258 g/mol. The van der Waals surface area contributed by atoms with E-state index in [2.05, 4.69) is 16.9 Å². The van der Waals surface area contributed by atoms with Crippen LogP contribution in [0.2, 0.25) is 0 Å². The van der Waals surface area contributed by atoms with Gasteiger partial charge in [0.15, 0.2) is 0 Å². The van der Waals surface area contributed by atoms with E-state index in [1.807, 2.05) is 5.38 Å². The number of hydrogen-bond donors (Lipinski definition) is 2.